The van der Waals surface area contributed by atoms with Crippen molar-refractivity contribution in [2.75, 3.05) is 35.2 Å². The average molecular weight is 476 g/mol. The fraction of sp³-hybridized carbons (Fsp3) is 0.115. The summed E-state index contributed by atoms with van der Waals surface area (Å²) in [5.41, 5.74) is 2.79. The molecule has 1 amide bonds. The molecule has 0 bridgehead atoms. The number of benzene rings is 4. The molecule has 4 aromatic carbocycles. The summed E-state index contributed by atoms with van der Waals surface area (Å²) < 4.78 is 29.4. The van der Waals surface area contributed by atoms with Crippen LogP contribution in [0, 0.1) is 0 Å². The molecular weight excluding hydrogens is 450 g/mol. The van der Waals surface area contributed by atoms with Crippen LogP contribution in [0.25, 0.3) is 10.8 Å². The first-order valence-electron chi connectivity index (χ1n) is 10.6. The Morgan fingerprint density at radius 2 is 1.32 bits per heavy atom. The molecule has 0 aliphatic heterocycles. The van der Waals surface area contributed by atoms with Gasteiger partial charge in [-0.05, 0) is 48.5 Å². The van der Waals surface area contributed by atoms with Crippen molar-refractivity contribution in [3.8, 4) is 5.75 Å². The summed E-state index contributed by atoms with van der Waals surface area (Å²) in [5, 5.41) is 1.81. The summed E-state index contributed by atoms with van der Waals surface area (Å²) >= 11 is -2.32. The molecular formula is C26H25N3O4S. The van der Waals surface area contributed by atoms with E-state index in [1.807, 2.05) is 79.7 Å². The van der Waals surface area contributed by atoms with Crippen LogP contribution in [-0.2, 0) is 11.3 Å². The summed E-state index contributed by atoms with van der Waals surface area (Å²) in [6.07, 6.45) is -0.535. The third-order valence-electron chi connectivity index (χ3n) is 5.43. The van der Waals surface area contributed by atoms with E-state index >= 15 is 0 Å². The second-order valence-corrected chi connectivity index (χ2v) is 8.65. The maximum atomic E-state index is 12.5. The molecule has 8 heteroatoms. The normalized spacial score (nSPS) is 11.6. The Labute approximate surface area is 201 Å². The van der Waals surface area contributed by atoms with Gasteiger partial charge in [0.05, 0.1) is 11.4 Å². The van der Waals surface area contributed by atoms with Crippen molar-refractivity contribution < 1.29 is 18.3 Å². The molecule has 0 aliphatic carbocycles. The fourth-order valence-electron chi connectivity index (χ4n) is 3.73. The second-order valence-electron chi connectivity index (χ2n) is 7.83. The minimum atomic E-state index is -2.32. The molecule has 1 N–H and O–H groups in total. The van der Waals surface area contributed by atoms with Crippen molar-refractivity contribution in [2.45, 2.75) is 0 Å². The maximum Gasteiger partial charge on any atom is 0.419 e. The quantitative estimate of drug-likeness (QED) is 0.356. The third kappa shape index (κ3) is 4.73. The SMILES string of the molecule is CN(C)c1cccc2c(N(c3ccc(OC(=O)N(C)c4ccccc4)cc3)S(=O)O)cccc12. The molecule has 0 spiro atoms. The molecule has 0 aliphatic rings. The van der Waals surface area contributed by atoms with Gasteiger partial charge in [-0.3, -0.25) is 9.45 Å². The van der Waals surface area contributed by atoms with Gasteiger partial charge in [-0.1, -0.05) is 42.5 Å². The van der Waals surface area contributed by atoms with Crippen LogP contribution in [-0.4, -0.2) is 36.0 Å². The van der Waals surface area contributed by atoms with Crippen LogP contribution in [0.5, 0.6) is 5.75 Å². The lowest BCUT2D eigenvalue weighted by atomic mass is 10.1. The fourth-order valence-corrected chi connectivity index (χ4v) is 4.36. The molecule has 174 valence electrons. The molecule has 0 aromatic heterocycles. The predicted octanol–water partition coefficient (Wildman–Crippen LogP) is 5.82. The Morgan fingerprint density at radius 3 is 1.91 bits per heavy atom. The number of carbonyl (C=O) groups is 1. The molecule has 0 heterocycles. The van der Waals surface area contributed by atoms with Crippen molar-refractivity contribution in [1.29, 1.82) is 0 Å². The Bertz CT molecular complexity index is 1330. The van der Waals surface area contributed by atoms with Crippen LogP contribution in [0.3, 0.4) is 0 Å². The topological polar surface area (TPSA) is 73.3 Å². The Morgan fingerprint density at radius 1 is 0.735 bits per heavy atom. The largest absolute Gasteiger partial charge is 0.419 e. The highest BCUT2D eigenvalue weighted by molar-refractivity contribution is 7.81. The Balaban J connectivity index is 1.63. The zero-order chi connectivity index (χ0) is 24.2. The highest BCUT2D eigenvalue weighted by Gasteiger charge is 2.20. The monoisotopic (exact) mass is 475 g/mol. The van der Waals surface area contributed by atoms with Crippen LogP contribution in [0.4, 0.5) is 27.5 Å². The summed E-state index contributed by atoms with van der Waals surface area (Å²) in [7, 11) is 5.54. The van der Waals surface area contributed by atoms with E-state index in [9.17, 15) is 13.6 Å². The van der Waals surface area contributed by atoms with E-state index in [-0.39, 0.29) is 0 Å². The zero-order valence-corrected chi connectivity index (χ0v) is 19.9. The van der Waals surface area contributed by atoms with E-state index in [1.165, 1.54) is 9.21 Å². The molecule has 0 fully saturated rings. The van der Waals surface area contributed by atoms with Crippen LogP contribution in [0.2, 0.25) is 0 Å². The smallest absolute Gasteiger partial charge is 0.410 e. The average Bonchev–Trinajstić information content (AvgIpc) is 2.84. The van der Waals surface area contributed by atoms with E-state index in [1.54, 1.807) is 37.4 Å². The van der Waals surface area contributed by atoms with Gasteiger partial charge in [0.25, 0.3) is 11.3 Å². The lowest BCUT2D eigenvalue weighted by molar-refractivity contribution is 0.209. The molecule has 0 radical (unpaired) electrons. The van der Waals surface area contributed by atoms with Gasteiger partial charge >= 0.3 is 6.09 Å². The molecule has 0 saturated carbocycles. The third-order valence-corrected chi connectivity index (χ3v) is 6.15. The number of carbonyl (C=O) groups excluding carboxylic acids is 1. The van der Waals surface area contributed by atoms with Gasteiger partial charge in [-0.25, -0.2) is 13.3 Å². The number of fused-ring (bicyclic) bond motifs is 1. The van der Waals surface area contributed by atoms with Gasteiger partial charge in [-0.2, -0.15) is 0 Å². The molecule has 34 heavy (non-hydrogen) atoms. The van der Waals surface area contributed by atoms with Crippen molar-refractivity contribution in [3.63, 3.8) is 0 Å². The number of para-hydroxylation sites is 1. The summed E-state index contributed by atoms with van der Waals surface area (Å²) in [5.74, 6) is 0.327. The van der Waals surface area contributed by atoms with Crippen LogP contribution < -0.4 is 18.8 Å². The molecule has 1 atom stereocenters. The van der Waals surface area contributed by atoms with Crippen molar-refractivity contribution in [3.05, 3.63) is 91.0 Å². The van der Waals surface area contributed by atoms with Gasteiger partial charge in [0.1, 0.15) is 5.75 Å². The number of rotatable bonds is 6. The minimum absolute atomic E-state index is 0.327. The minimum Gasteiger partial charge on any atom is -0.410 e. The lowest BCUT2D eigenvalue weighted by Gasteiger charge is -2.24. The molecule has 7 nitrogen and oxygen atoms in total. The second kappa shape index (κ2) is 9.94. The number of amides is 1. The van der Waals surface area contributed by atoms with E-state index in [2.05, 4.69) is 0 Å². The first-order valence-corrected chi connectivity index (χ1v) is 11.6. The highest BCUT2D eigenvalue weighted by atomic mass is 32.2. The highest BCUT2D eigenvalue weighted by Crippen LogP contribution is 2.37. The van der Waals surface area contributed by atoms with Gasteiger partial charge in [0, 0.05) is 43.3 Å². The molecule has 0 saturated heterocycles. The van der Waals surface area contributed by atoms with E-state index in [0.717, 1.165) is 16.5 Å². The first kappa shape index (κ1) is 23.3. The van der Waals surface area contributed by atoms with Gasteiger partial charge in [-0.15, -0.1) is 0 Å². The predicted molar refractivity (Wildman–Crippen MR) is 138 cm³/mol. The van der Waals surface area contributed by atoms with Gasteiger partial charge < -0.3 is 9.64 Å². The van der Waals surface area contributed by atoms with Crippen molar-refractivity contribution in [1.82, 2.24) is 0 Å². The zero-order valence-electron chi connectivity index (χ0n) is 19.1. The Hall–Kier alpha value is -3.88. The van der Waals surface area contributed by atoms with Crippen LogP contribution in [0.1, 0.15) is 0 Å². The van der Waals surface area contributed by atoms with E-state index in [4.69, 9.17) is 4.74 Å². The number of nitrogens with zero attached hydrogens (tertiary/aromatic N) is 3. The summed E-state index contributed by atoms with van der Waals surface area (Å²) in [6, 6.07) is 27.2. The van der Waals surface area contributed by atoms with Crippen LogP contribution in [0.15, 0.2) is 91.0 Å². The molecule has 1 unspecified atom stereocenters. The standard InChI is InChI=1S/C26H25N3O4S/c1-27(2)24-13-7-12-23-22(24)11-8-14-25(23)29(34(31)32)20-15-17-21(18-16-20)33-26(30)28(3)19-9-5-4-6-10-19/h4-18H,1-3H3,(H,31,32). The first-order chi connectivity index (χ1) is 16.4. The number of hydrogen-bond donors (Lipinski definition) is 1. The Kier molecular flexibility index (Phi) is 6.81. The van der Waals surface area contributed by atoms with E-state index in [0.29, 0.717) is 22.8 Å². The number of ether oxygens (including phenoxy) is 1. The number of hydrogen-bond acceptors (Lipinski definition) is 4. The van der Waals surface area contributed by atoms with Crippen molar-refractivity contribution in [2.24, 2.45) is 0 Å². The molecule has 4 aromatic rings. The number of anilines is 4. The lowest BCUT2D eigenvalue weighted by Crippen LogP contribution is -2.29. The van der Waals surface area contributed by atoms with E-state index < -0.39 is 17.4 Å². The maximum absolute atomic E-state index is 12.5. The molecule has 4 rings (SSSR count). The van der Waals surface area contributed by atoms with Crippen LogP contribution >= 0.6 is 0 Å². The van der Waals surface area contributed by atoms with Gasteiger partial charge in [0.2, 0.25) is 0 Å². The van der Waals surface area contributed by atoms with Crippen molar-refractivity contribution >= 4 is 50.9 Å². The summed E-state index contributed by atoms with van der Waals surface area (Å²) in [4.78, 5) is 15.9. The van der Waals surface area contributed by atoms with Gasteiger partial charge in [0.15, 0.2) is 0 Å². The summed E-state index contributed by atoms with van der Waals surface area (Å²) in [6.45, 7) is 0.